The number of nitrogens with one attached hydrogen (secondary N) is 1. The molecule has 0 radical (unpaired) electrons. The van der Waals surface area contributed by atoms with Gasteiger partial charge in [-0.15, -0.1) is 0 Å². The van der Waals surface area contributed by atoms with Gasteiger partial charge in [0.15, 0.2) is 0 Å². The summed E-state index contributed by atoms with van der Waals surface area (Å²) in [6.07, 6.45) is -0.607. The van der Waals surface area contributed by atoms with Gasteiger partial charge >= 0.3 is 0 Å². The van der Waals surface area contributed by atoms with E-state index in [1.54, 1.807) is 6.92 Å². The minimum Gasteiger partial charge on any atom is -0.389 e. The van der Waals surface area contributed by atoms with Gasteiger partial charge in [0.1, 0.15) is 0 Å². The molecule has 3 rings (SSSR count). The summed E-state index contributed by atoms with van der Waals surface area (Å²) in [5, 5.41) is 12.8. The van der Waals surface area contributed by atoms with E-state index in [0.717, 1.165) is 31.7 Å². The van der Waals surface area contributed by atoms with E-state index in [4.69, 9.17) is 0 Å². The van der Waals surface area contributed by atoms with Crippen molar-refractivity contribution >= 4 is 17.3 Å². The number of hydrogen-bond donors (Lipinski definition) is 2. The summed E-state index contributed by atoms with van der Waals surface area (Å²) in [7, 11) is 0. The number of rotatable bonds is 5. The normalized spacial score (nSPS) is 16.3. The minimum absolute atomic E-state index is 0.0397. The molecule has 5 heteroatoms. The van der Waals surface area contributed by atoms with Gasteiger partial charge in [-0.3, -0.25) is 9.69 Å². The number of piperazine rings is 1. The van der Waals surface area contributed by atoms with Crippen molar-refractivity contribution in [1.82, 2.24) is 4.90 Å². The highest BCUT2D eigenvalue weighted by Gasteiger charge is 2.20. The number of aliphatic hydroxyl groups excluding tert-OH is 1. The van der Waals surface area contributed by atoms with Crippen LogP contribution < -0.4 is 10.2 Å². The van der Waals surface area contributed by atoms with Crippen molar-refractivity contribution in [3.63, 3.8) is 0 Å². The van der Waals surface area contributed by atoms with Crippen LogP contribution in [-0.4, -0.2) is 48.6 Å². The van der Waals surface area contributed by atoms with E-state index in [0.29, 0.717) is 12.2 Å². The number of carbonyl (C=O) groups excluding carboxylic acids is 1. The highest BCUT2D eigenvalue weighted by molar-refractivity contribution is 5.93. The maximum atomic E-state index is 12.4. The van der Waals surface area contributed by atoms with Gasteiger partial charge in [0, 0.05) is 43.1 Å². The fraction of sp³-hybridized carbons (Fsp3) is 0.381. The zero-order valence-electron chi connectivity index (χ0n) is 15.5. The van der Waals surface area contributed by atoms with Crippen LogP contribution in [0.15, 0.2) is 48.5 Å². The molecule has 1 heterocycles. The highest BCUT2D eigenvalue weighted by atomic mass is 16.3. The van der Waals surface area contributed by atoms with Crippen molar-refractivity contribution in [2.45, 2.75) is 20.0 Å². The molecule has 0 aromatic heterocycles. The first-order valence-corrected chi connectivity index (χ1v) is 9.14. The first-order chi connectivity index (χ1) is 12.5. The Balaban J connectivity index is 1.52. The summed E-state index contributed by atoms with van der Waals surface area (Å²) in [4.78, 5) is 16.9. The Morgan fingerprint density at radius 2 is 1.85 bits per heavy atom. The van der Waals surface area contributed by atoms with Crippen LogP contribution in [0.2, 0.25) is 0 Å². The molecule has 0 aliphatic carbocycles. The summed E-state index contributed by atoms with van der Waals surface area (Å²) in [5.41, 5.74) is 3.94. The zero-order valence-corrected chi connectivity index (χ0v) is 15.5. The highest BCUT2D eigenvalue weighted by Crippen LogP contribution is 2.22. The number of amides is 1. The van der Waals surface area contributed by atoms with Crippen molar-refractivity contribution in [3.05, 3.63) is 59.7 Å². The maximum absolute atomic E-state index is 12.4. The second-order valence-corrected chi connectivity index (χ2v) is 6.91. The average molecular weight is 353 g/mol. The molecule has 2 N–H and O–H groups in total. The largest absolute Gasteiger partial charge is 0.389 e. The molecule has 2 aromatic carbocycles. The van der Waals surface area contributed by atoms with Crippen LogP contribution >= 0.6 is 0 Å². The SMILES string of the molecule is Cc1cccc(N2CCN(CC(=O)Nc3ccccc3C(C)O)CC2)c1. The molecule has 138 valence electrons. The van der Waals surface area contributed by atoms with Crippen LogP contribution in [0, 0.1) is 6.92 Å². The molecule has 1 unspecified atom stereocenters. The number of benzene rings is 2. The smallest absolute Gasteiger partial charge is 0.238 e. The number of aliphatic hydroxyl groups is 1. The molecule has 1 aliphatic heterocycles. The maximum Gasteiger partial charge on any atom is 0.238 e. The monoisotopic (exact) mass is 353 g/mol. The number of para-hydroxylation sites is 1. The van der Waals surface area contributed by atoms with Crippen molar-refractivity contribution < 1.29 is 9.90 Å². The van der Waals surface area contributed by atoms with E-state index < -0.39 is 6.10 Å². The summed E-state index contributed by atoms with van der Waals surface area (Å²) in [6.45, 7) is 7.74. The molecule has 5 nitrogen and oxygen atoms in total. The second kappa shape index (κ2) is 8.34. The average Bonchev–Trinajstić information content (AvgIpc) is 2.62. The molecule has 1 atom stereocenters. The van der Waals surface area contributed by atoms with E-state index in [2.05, 4.69) is 46.3 Å². The van der Waals surface area contributed by atoms with Crippen molar-refractivity contribution in [2.24, 2.45) is 0 Å². The summed E-state index contributed by atoms with van der Waals surface area (Å²) in [5.74, 6) is -0.0397. The van der Waals surface area contributed by atoms with Crippen molar-refractivity contribution in [3.8, 4) is 0 Å². The summed E-state index contributed by atoms with van der Waals surface area (Å²) in [6, 6.07) is 15.9. The third-order valence-corrected chi connectivity index (χ3v) is 4.79. The molecule has 26 heavy (non-hydrogen) atoms. The molecule has 1 saturated heterocycles. The fourth-order valence-electron chi connectivity index (χ4n) is 3.36. The molecule has 1 aliphatic rings. The second-order valence-electron chi connectivity index (χ2n) is 6.91. The van der Waals surface area contributed by atoms with Crippen LogP contribution in [0.5, 0.6) is 0 Å². The van der Waals surface area contributed by atoms with Crippen LogP contribution in [0.4, 0.5) is 11.4 Å². The van der Waals surface area contributed by atoms with E-state index in [1.807, 2.05) is 24.3 Å². The van der Waals surface area contributed by atoms with Gasteiger partial charge in [0.25, 0.3) is 0 Å². The number of aryl methyl sites for hydroxylation is 1. The zero-order chi connectivity index (χ0) is 18.5. The molecular formula is C21H27N3O2. The Morgan fingerprint density at radius 1 is 1.12 bits per heavy atom. The summed E-state index contributed by atoms with van der Waals surface area (Å²) < 4.78 is 0. The molecule has 1 amide bonds. The van der Waals surface area contributed by atoms with Gasteiger partial charge in [-0.05, 0) is 37.6 Å². The van der Waals surface area contributed by atoms with Gasteiger partial charge in [0.05, 0.1) is 12.6 Å². The topological polar surface area (TPSA) is 55.8 Å². The summed E-state index contributed by atoms with van der Waals surface area (Å²) >= 11 is 0. The van der Waals surface area contributed by atoms with Gasteiger partial charge in [0.2, 0.25) is 5.91 Å². The quantitative estimate of drug-likeness (QED) is 0.868. The van der Waals surface area contributed by atoms with E-state index >= 15 is 0 Å². The Morgan fingerprint density at radius 3 is 2.54 bits per heavy atom. The van der Waals surface area contributed by atoms with Gasteiger partial charge in [-0.1, -0.05) is 30.3 Å². The minimum atomic E-state index is -0.607. The first-order valence-electron chi connectivity index (χ1n) is 9.14. The van der Waals surface area contributed by atoms with Crippen LogP contribution in [0.3, 0.4) is 0 Å². The van der Waals surface area contributed by atoms with Gasteiger partial charge in [-0.2, -0.15) is 0 Å². The molecule has 1 fully saturated rings. The number of nitrogens with zero attached hydrogens (tertiary/aromatic N) is 2. The standard InChI is InChI=1S/C21H27N3O2/c1-16-6-5-7-18(14-16)24-12-10-23(11-13-24)15-21(26)22-20-9-4-3-8-19(20)17(2)25/h3-9,14,17,25H,10-13,15H2,1-2H3,(H,22,26). The number of carbonyl (C=O) groups is 1. The number of hydrogen-bond acceptors (Lipinski definition) is 4. The lowest BCUT2D eigenvalue weighted by molar-refractivity contribution is -0.117. The fourth-order valence-corrected chi connectivity index (χ4v) is 3.36. The third kappa shape index (κ3) is 4.62. The lowest BCUT2D eigenvalue weighted by Gasteiger charge is -2.35. The van der Waals surface area contributed by atoms with Crippen LogP contribution in [-0.2, 0) is 4.79 Å². The van der Waals surface area contributed by atoms with E-state index in [1.165, 1.54) is 11.3 Å². The van der Waals surface area contributed by atoms with Gasteiger partial charge in [-0.25, -0.2) is 0 Å². The molecule has 2 aromatic rings. The van der Waals surface area contributed by atoms with Crippen molar-refractivity contribution in [1.29, 1.82) is 0 Å². The van der Waals surface area contributed by atoms with Gasteiger partial charge < -0.3 is 15.3 Å². The Kier molecular flexibility index (Phi) is 5.91. The molecule has 0 spiro atoms. The molecule has 0 bridgehead atoms. The third-order valence-electron chi connectivity index (χ3n) is 4.79. The Labute approximate surface area is 155 Å². The predicted molar refractivity (Wildman–Crippen MR) is 106 cm³/mol. The van der Waals surface area contributed by atoms with E-state index in [-0.39, 0.29) is 5.91 Å². The predicted octanol–water partition coefficient (Wildman–Crippen LogP) is 2.81. The Hall–Kier alpha value is -2.37. The Bertz CT molecular complexity index is 752. The molecular weight excluding hydrogens is 326 g/mol. The molecule has 0 saturated carbocycles. The lowest BCUT2D eigenvalue weighted by atomic mass is 10.1. The van der Waals surface area contributed by atoms with Crippen LogP contribution in [0.1, 0.15) is 24.2 Å². The van der Waals surface area contributed by atoms with Crippen LogP contribution in [0.25, 0.3) is 0 Å². The first kappa shape index (κ1) is 18.4. The number of anilines is 2. The van der Waals surface area contributed by atoms with E-state index in [9.17, 15) is 9.90 Å². The van der Waals surface area contributed by atoms with Crippen molar-refractivity contribution in [2.75, 3.05) is 42.9 Å². The lowest BCUT2D eigenvalue weighted by Crippen LogP contribution is -2.48.